The molecule has 0 bridgehead atoms. The molecule has 1 unspecified atom stereocenters. The Morgan fingerprint density at radius 2 is 1.94 bits per heavy atom. The Balaban J connectivity index is 2.74. The number of carbonyl (C=O) groups excluding carboxylic acids is 1. The Morgan fingerprint density at radius 1 is 1.31 bits per heavy atom. The van der Waals surface area contributed by atoms with Crippen molar-refractivity contribution in [2.24, 2.45) is 11.7 Å². The summed E-state index contributed by atoms with van der Waals surface area (Å²) in [4.78, 5) is 11.7. The van der Waals surface area contributed by atoms with E-state index < -0.39 is 6.04 Å². The van der Waals surface area contributed by atoms with E-state index in [2.05, 4.69) is 0 Å². The monoisotopic (exact) mass is 259 g/mol. The summed E-state index contributed by atoms with van der Waals surface area (Å²) in [7, 11) is 0. The predicted molar refractivity (Wildman–Crippen MR) is 68.0 cm³/mol. The molecular weight excluding hydrogens is 245 g/mol. The van der Waals surface area contributed by atoms with Gasteiger partial charge in [-0.25, -0.2) is 0 Å². The quantitative estimate of drug-likeness (QED) is 0.903. The van der Waals surface area contributed by atoms with Crippen molar-refractivity contribution in [3.8, 4) is 0 Å². The molecule has 1 aromatic rings. The summed E-state index contributed by atoms with van der Waals surface area (Å²) in [5.41, 5.74) is 6.61. The van der Waals surface area contributed by atoms with E-state index in [0.717, 1.165) is 5.56 Å². The third-order valence-corrected chi connectivity index (χ3v) is 3.19. The van der Waals surface area contributed by atoms with Crippen LogP contribution in [0.3, 0.4) is 0 Å². The summed E-state index contributed by atoms with van der Waals surface area (Å²) in [6.07, 6.45) is 0.302. The summed E-state index contributed by atoms with van der Waals surface area (Å²) in [6.45, 7) is 3.86. The molecule has 0 heterocycles. The van der Waals surface area contributed by atoms with Gasteiger partial charge < -0.3 is 5.73 Å². The van der Waals surface area contributed by atoms with E-state index in [9.17, 15) is 4.79 Å². The van der Waals surface area contributed by atoms with Crippen LogP contribution in [0.5, 0.6) is 0 Å². The van der Waals surface area contributed by atoms with Crippen molar-refractivity contribution in [2.75, 3.05) is 0 Å². The molecular formula is C12H15Cl2NO. The molecule has 0 aliphatic rings. The fourth-order valence-corrected chi connectivity index (χ4v) is 1.66. The maximum Gasteiger partial charge on any atom is 0.154 e. The third-order valence-electron chi connectivity index (χ3n) is 2.45. The van der Waals surface area contributed by atoms with Gasteiger partial charge in [0, 0.05) is 6.42 Å². The van der Waals surface area contributed by atoms with Gasteiger partial charge in [-0.3, -0.25) is 4.79 Å². The lowest BCUT2D eigenvalue weighted by Gasteiger charge is -2.14. The number of carbonyl (C=O) groups is 1. The van der Waals surface area contributed by atoms with Gasteiger partial charge in [0.1, 0.15) is 0 Å². The lowest BCUT2D eigenvalue weighted by atomic mass is 9.96. The molecule has 1 atom stereocenters. The Labute approximate surface area is 106 Å². The van der Waals surface area contributed by atoms with Crippen LogP contribution in [0, 0.1) is 5.92 Å². The van der Waals surface area contributed by atoms with Gasteiger partial charge in [-0.2, -0.15) is 0 Å². The van der Waals surface area contributed by atoms with Crippen molar-refractivity contribution < 1.29 is 4.79 Å². The van der Waals surface area contributed by atoms with E-state index >= 15 is 0 Å². The zero-order valence-corrected chi connectivity index (χ0v) is 10.8. The lowest BCUT2D eigenvalue weighted by molar-refractivity contribution is -0.120. The zero-order chi connectivity index (χ0) is 12.3. The highest BCUT2D eigenvalue weighted by Gasteiger charge is 2.17. The molecule has 0 aromatic heterocycles. The first-order valence-corrected chi connectivity index (χ1v) is 5.89. The van der Waals surface area contributed by atoms with E-state index in [1.165, 1.54) is 0 Å². The Hall–Kier alpha value is -0.570. The van der Waals surface area contributed by atoms with Gasteiger partial charge in [-0.05, 0) is 23.6 Å². The maximum atomic E-state index is 11.7. The normalized spacial score (nSPS) is 12.9. The number of Topliss-reactive ketones (excluding diaryl/α,β-unsaturated/α-hetero) is 1. The number of rotatable bonds is 4. The van der Waals surface area contributed by atoms with Crippen molar-refractivity contribution in [3.63, 3.8) is 0 Å². The predicted octanol–water partition coefficient (Wildman–Crippen LogP) is 3.09. The van der Waals surface area contributed by atoms with Gasteiger partial charge in [0.05, 0.1) is 16.1 Å². The molecule has 0 fully saturated rings. The van der Waals surface area contributed by atoms with Crippen LogP contribution in [0.4, 0.5) is 0 Å². The van der Waals surface area contributed by atoms with Crippen molar-refractivity contribution in [2.45, 2.75) is 26.3 Å². The van der Waals surface area contributed by atoms with Crippen molar-refractivity contribution in [1.29, 1.82) is 0 Å². The smallest absolute Gasteiger partial charge is 0.154 e. The van der Waals surface area contributed by atoms with Crippen molar-refractivity contribution in [1.82, 2.24) is 0 Å². The molecule has 0 saturated carbocycles. The molecule has 88 valence electrons. The number of benzene rings is 1. The lowest BCUT2D eigenvalue weighted by Crippen LogP contribution is -2.36. The topological polar surface area (TPSA) is 43.1 Å². The minimum Gasteiger partial charge on any atom is -0.321 e. The highest BCUT2D eigenvalue weighted by atomic mass is 35.5. The average molecular weight is 260 g/mol. The second-order valence-corrected chi connectivity index (χ2v) is 4.98. The maximum absolute atomic E-state index is 11.7. The van der Waals surface area contributed by atoms with E-state index in [0.29, 0.717) is 16.5 Å². The van der Waals surface area contributed by atoms with Gasteiger partial charge >= 0.3 is 0 Å². The van der Waals surface area contributed by atoms with Crippen LogP contribution in [0.15, 0.2) is 18.2 Å². The summed E-state index contributed by atoms with van der Waals surface area (Å²) in [6, 6.07) is 4.76. The van der Waals surface area contributed by atoms with Gasteiger partial charge in [-0.15, -0.1) is 0 Å². The van der Waals surface area contributed by atoms with Crippen LogP contribution in [0.2, 0.25) is 10.0 Å². The molecule has 0 radical (unpaired) electrons. The second kappa shape index (κ2) is 5.67. The minimum atomic E-state index is -0.422. The molecule has 4 heteroatoms. The van der Waals surface area contributed by atoms with Crippen LogP contribution < -0.4 is 5.73 Å². The first kappa shape index (κ1) is 13.5. The molecule has 0 spiro atoms. The van der Waals surface area contributed by atoms with Crippen LogP contribution in [0.25, 0.3) is 0 Å². The zero-order valence-electron chi connectivity index (χ0n) is 9.34. The second-order valence-electron chi connectivity index (χ2n) is 4.16. The molecule has 2 nitrogen and oxygen atoms in total. The Morgan fingerprint density at radius 3 is 2.44 bits per heavy atom. The van der Waals surface area contributed by atoms with Crippen LogP contribution in [-0.2, 0) is 11.2 Å². The molecule has 0 saturated heterocycles. The summed E-state index contributed by atoms with van der Waals surface area (Å²) < 4.78 is 0. The highest BCUT2D eigenvalue weighted by molar-refractivity contribution is 6.42. The number of hydrogen-bond acceptors (Lipinski definition) is 2. The summed E-state index contributed by atoms with van der Waals surface area (Å²) in [5, 5.41) is 0.955. The SMILES string of the molecule is CC(C)C(N)C(=O)Cc1ccc(Cl)c(Cl)c1. The molecule has 16 heavy (non-hydrogen) atoms. The fourth-order valence-electron chi connectivity index (χ4n) is 1.34. The van der Waals surface area contributed by atoms with Gasteiger partial charge in [0.25, 0.3) is 0 Å². The number of hydrogen-bond donors (Lipinski definition) is 1. The van der Waals surface area contributed by atoms with Crippen molar-refractivity contribution in [3.05, 3.63) is 33.8 Å². The van der Waals surface area contributed by atoms with E-state index in [1.54, 1.807) is 18.2 Å². The third kappa shape index (κ3) is 3.48. The molecule has 1 rings (SSSR count). The Bertz CT molecular complexity index is 391. The molecule has 0 aliphatic heterocycles. The number of ketones is 1. The van der Waals surface area contributed by atoms with E-state index in [-0.39, 0.29) is 11.7 Å². The van der Waals surface area contributed by atoms with Crippen LogP contribution in [-0.4, -0.2) is 11.8 Å². The molecule has 2 N–H and O–H groups in total. The molecule has 0 aliphatic carbocycles. The molecule has 0 amide bonds. The standard InChI is InChI=1S/C12H15Cl2NO/c1-7(2)12(15)11(16)6-8-3-4-9(13)10(14)5-8/h3-5,7,12H,6,15H2,1-2H3. The summed E-state index contributed by atoms with van der Waals surface area (Å²) in [5.74, 6) is 0.170. The number of halogens is 2. The largest absolute Gasteiger partial charge is 0.321 e. The van der Waals surface area contributed by atoms with Gasteiger partial charge in [0.2, 0.25) is 0 Å². The fraction of sp³-hybridized carbons (Fsp3) is 0.417. The number of nitrogens with two attached hydrogens (primary N) is 1. The van der Waals surface area contributed by atoms with Gasteiger partial charge in [-0.1, -0.05) is 43.1 Å². The Kier molecular flexibility index (Phi) is 4.78. The van der Waals surface area contributed by atoms with E-state index in [4.69, 9.17) is 28.9 Å². The van der Waals surface area contributed by atoms with Crippen LogP contribution in [0.1, 0.15) is 19.4 Å². The van der Waals surface area contributed by atoms with Gasteiger partial charge in [0.15, 0.2) is 5.78 Å². The summed E-state index contributed by atoms with van der Waals surface area (Å²) >= 11 is 11.7. The first-order valence-electron chi connectivity index (χ1n) is 5.14. The minimum absolute atomic E-state index is 0.0217. The van der Waals surface area contributed by atoms with E-state index in [1.807, 2.05) is 13.8 Å². The first-order chi connectivity index (χ1) is 7.41. The van der Waals surface area contributed by atoms with Crippen LogP contribution >= 0.6 is 23.2 Å². The van der Waals surface area contributed by atoms with Crippen molar-refractivity contribution >= 4 is 29.0 Å². The molecule has 1 aromatic carbocycles. The highest BCUT2D eigenvalue weighted by Crippen LogP contribution is 2.23. The average Bonchev–Trinajstić information content (AvgIpc) is 2.22.